The Hall–Kier alpha value is -0.930. The molecule has 0 amide bonds. The van der Waals surface area contributed by atoms with Crippen molar-refractivity contribution in [2.45, 2.75) is 45.2 Å². The molecule has 2 N–H and O–H groups in total. The third-order valence-corrected chi connectivity index (χ3v) is 3.69. The molecule has 0 saturated carbocycles. The highest BCUT2D eigenvalue weighted by Crippen LogP contribution is 2.24. The van der Waals surface area contributed by atoms with Gasteiger partial charge in [0.25, 0.3) is 0 Å². The van der Waals surface area contributed by atoms with Crippen LogP contribution in [0.1, 0.15) is 38.8 Å². The van der Waals surface area contributed by atoms with E-state index >= 15 is 0 Å². The van der Waals surface area contributed by atoms with E-state index in [2.05, 4.69) is 36.8 Å². The minimum atomic E-state index is 0.117. The number of hydrogen-bond acceptors (Lipinski definition) is 3. The van der Waals surface area contributed by atoms with E-state index in [1.54, 1.807) is 0 Å². The first kappa shape index (κ1) is 14.1. The van der Waals surface area contributed by atoms with E-state index in [0.717, 1.165) is 31.5 Å². The van der Waals surface area contributed by atoms with Gasteiger partial charge in [-0.15, -0.1) is 0 Å². The predicted molar refractivity (Wildman–Crippen MR) is 72.7 cm³/mol. The Bertz CT molecular complexity index is 307. The second-order valence-electron chi connectivity index (χ2n) is 4.71. The van der Waals surface area contributed by atoms with Crippen LogP contribution < -0.4 is 5.73 Å². The van der Waals surface area contributed by atoms with Gasteiger partial charge in [0.05, 0.1) is 5.69 Å². The molecule has 0 fully saturated rings. The predicted octanol–water partition coefficient (Wildman–Crippen LogP) is 2.42. The summed E-state index contributed by atoms with van der Waals surface area (Å²) in [5.41, 5.74) is 7.22. The lowest BCUT2D eigenvalue weighted by atomic mass is 9.89. The van der Waals surface area contributed by atoms with Gasteiger partial charge in [-0.2, -0.15) is 0 Å². The van der Waals surface area contributed by atoms with E-state index in [0.29, 0.717) is 6.54 Å². The van der Waals surface area contributed by atoms with Crippen LogP contribution in [0.3, 0.4) is 0 Å². The molecule has 0 aliphatic rings. The summed E-state index contributed by atoms with van der Waals surface area (Å²) in [5.74, 6) is 0. The average Bonchev–Trinajstić information content (AvgIpc) is 2.37. The molecule has 0 spiro atoms. The SMILES string of the molecule is CCCC(CC)(CN)N(C)Cc1ccccn1. The minimum absolute atomic E-state index is 0.117. The van der Waals surface area contributed by atoms with Gasteiger partial charge < -0.3 is 5.73 Å². The monoisotopic (exact) mass is 235 g/mol. The summed E-state index contributed by atoms with van der Waals surface area (Å²) >= 11 is 0. The Morgan fingerprint density at radius 3 is 2.59 bits per heavy atom. The molecule has 0 aromatic carbocycles. The summed E-state index contributed by atoms with van der Waals surface area (Å²) in [6, 6.07) is 6.05. The maximum atomic E-state index is 6.00. The zero-order chi connectivity index (χ0) is 12.7. The summed E-state index contributed by atoms with van der Waals surface area (Å²) in [6.07, 6.45) is 5.24. The third-order valence-electron chi connectivity index (χ3n) is 3.69. The van der Waals surface area contributed by atoms with E-state index in [1.807, 2.05) is 18.3 Å². The Kier molecular flexibility index (Phi) is 5.59. The first-order valence-electron chi connectivity index (χ1n) is 6.49. The zero-order valence-electron chi connectivity index (χ0n) is 11.3. The number of nitrogens with two attached hydrogens (primary N) is 1. The molecule has 1 aromatic heterocycles. The maximum absolute atomic E-state index is 6.00. The first-order valence-corrected chi connectivity index (χ1v) is 6.49. The molecule has 0 bridgehead atoms. The van der Waals surface area contributed by atoms with Crippen molar-refractivity contribution in [2.24, 2.45) is 5.73 Å². The molecule has 1 aromatic rings. The highest BCUT2D eigenvalue weighted by Gasteiger charge is 2.30. The molecule has 1 atom stereocenters. The molecule has 3 nitrogen and oxygen atoms in total. The maximum Gasteiger partial charge on any atom is 0.0544 e. The van der Waals surface area contributed by atoms with Gasteiger partial charge in [-0.1, -0.05) is 26.3 Å². The van der Waals surface area contributed by atoms with E-state index in [4.69, 9.17) is 5.73 Å². The lowest BCUT2D eigenvalue weighted by Gasteiger charge is -2.40. The largest absolute Gasteiger partial charge is 0.329 e. The van der Waals surface area contributed by atoms with Crippen molar-refractivity contribution >= 4 is 0 Å². The van der Waals surface area contributed by atoms with Crippen LogP contribution in [0, 0.1) is 0 Å². The smallest absolute Gasteiger partial charge is 0.0544 e. The van der Waals surface area contributed by atoms with Gasteiger partial charge >= 0.3 is 0 Å². The topological polar surface area (TPSA) is 42.1 Å². The molecule has 3 heteroatoms. The van der Waals surface area contributed by atoms with Crippen LogP contribution in [-0.4, -0.2) is 29.0 Å². The highest BCUT2D eigenvalue weighted by molar-refractivity contribution is 5.04. The van der Waals surface area contributed by atoms with Crippen LogP contribution in [0.4, 0.5) is 0 Å². The van der Waals surface area contributed by atoms with Crippen molar-refractivity contribution in [3.63, 3.8) is 0 Å². The Labute approximate surface area is 105 Å². The second-order valence-corrected chi connectivity index (χ2v) is 4.71. The van der Waals surface area contributed by atoms with Gasteiger partial charge in [0.1, 0.15) is 0 Å². The summed E-state index contributed by atoms with van der Waals surface area (Å²) in [7, 11) is 2.15. The Morgan fingerprint density at radius 1 is 1.35 bits per heavy atom. The van der Waals surface area contributed by atoms with Gasteiger partial charge in [-0.25, -0.2) is 0 Å². The van der Waals surface area contributed by atoms with E-state index in [9.17, 15) is 0 Å². The molecule has 96 valence electrons. The summed E-state index contributed by atoms with van der Waals surface area (Å²) < 4.78 is 0. The number of likely N-dealkylation sites (N-methyl/N-ethyl adjacent to an activating group) is 1. The fourth-order valence-corrected chi connectivity index (χ4v) is 2.41. The van der Waals surface area contributed by atoms with Crippen molar-refractivity contribution < 1.29 is 0 Å². The molecular formula is C14H25N3. The molecule has 0 aliphatic heterocycles. The van der Waals surface area contributed by atoms with Crippen LogP contribution >= 0.6 is 0 Å². The number of aromatic nitrogens is 1. The molecule has 0 aliphatic carbocycles. The summed E-state index contributed by atoms with van der Waals surface area (Å²) in [4.78, 5) is 6.74. The molecule has 1 unspecified atom stereocenters. The number of hydrogen-bond donors (Lipinski definition) is 1. The van der Waals surface area contributed by atoms with E-state index < -0.39 is 0 Å². The fraction of sp³-hybridized carbons (Fsp3) is 0.643. The van der Waals surface area contributed by atoms with Crippen LogP contribution in [-0.2, 0) is 6.54 Å². The summed E-state index contributed by atoms with van der Waals surface area (Å²) in [5, 5.41) is 0. The van der Waals surface area contributed by atoms with Crippen LogP contribution in [0.25, 0.3) is 0 Å². The van der Waals surface area contributed by atoms with Crippen molar-refractivity contribution in [3.05, 3.63) is 30.1 Å². The van der Waals surface area contributed by atoms with Gasteiger partial charge in [0.15, 0.2) is 0 Å². The van der Waals surface area contributed by atoms with Gasteiger partial charge in [-0.05, 0) is 32.0 Å². The zero-order valence-corrected chi connectivity index (χ0v) is 11.3. The van der Waals surface area contributed by atoms with Crippen molar-refractivity contribution in [1.29, 1.82) is 0 Å². The Balaban J connectivity index is 2.75. The van der Waals surface area contributed by atoms with E-state index in [-0.39, 0.29) is 5.54 Å². The molecule has 1 rings (SSSR count). The lowest BCUT2D eigenvalue weighted by molar-refractivity contribution is 0.100. The van der Waals surface area contributed by atoms with Gasteiger partial charge in [0.2, 0.25) is 0 Å². The number of rotatable bonds is 7. The number of pyridine rings is 1. The molecule has 0 saturated heterocycles. The Morgan fingerprint density at radius 2 is 2.12 bits per heavy atom. The van der Waals surface area contributed by atoms with Crippen LogP contribution in [0.15, 0.2) is 24.4 Å². The first-order chi connectivity index (χ1) is 8.18. The quantitative estimate of drug-likeness (QED) is 0.789. The van der Waals surface area contributed by atoms with Crippen molar-refractivity contribution in [2.75, 3.05) is 13.6 Å². The normalized spacial score (nSPS) is 14.9. The molecular weight excluding hydrogens is 210 g/mol. The standard InChI is InChI=1S/C14H25N3/c1-4-9-14(5-2,12-15)17(3)11-13-8-6-7-10-16-13/h6-8,10H,4-5,9,11-12,15H2,1-3H3. The third kappa shape index (κ3) is 3.51. The average molecular weight is 235 g/mol. The van der Waals surface area contributed by atoms with Crippen LogP contribution in [0.2, 0.25) is 0 Å². The fourth-order valence-electron chi connectivity index (χ4n) is 2.41. The number of nitrogens with zero attached hydrogens (tertiary/aromatic N) is 2. The molecule has 1 heterocycles. The lowest BCUT2D eigenvalue weighted by Crippen LogP contribution is -2.51. The van der Waals surface area contributed by atoms with E-state index in [1.165, 1.54) is 0 Å². The van der Waals surface area contributed by atoms with Crippen molar-refractivity contribution in [1.82, 2.24) is 9.88 Å². The highest BCUT2D eigenvalue weighted by atomic mass is 15.2. The minimum Gasteiger partial charge on any atom is -0.329 e. The summed E-state index contributed by atoms with van der Waals surface area (Å²) in [6.45, 7) is 6.01. The van der Waals surface area contributed by atoms with Gasteiger partial charge in [-0.3, -0.25) is 9.88 Å². The van der Waals surface area contributed by atoms with Crippen LogP contribution in [0.5, 0.6) is 0 Å². The molecule has 17 heavy (non-hydrogen) atoms. The second kappa shape index (κ2) is 6.72. The van der Waals surface area contributed by atoms with Gasteiger partial charge in [0, 0.05) is 24.8 Å². The molecule has 0 radical (unpaired) electrons. The van der Waals surface area contributed by atoms with Crippen molar-refractivity contribution in [3.8, 4) is 0 Å².